The number of aromatic nitrogens is 3. The molecular formula is C21H14N4O6. The third-order valence-electron chi connectivity index (χ3n) is 4.23. The van der Waals surface area contributed by atoms with E-state index in [1.807, 2.05) is 12.1 Å². The number of benzene rings is 2. The molecule has 0 aliphatic heterocycles. The molecule has 0 fully saturated rings. The van der Waals surface area contributed by atoms with Crippen LogP contribution >= 0.6 is 0 Å². The number of fused-ring (bicyclic) bond motifs is 1. The first-order valence-corrected chi connectivity index (χ1v) is 8.94. The second kappa shape index (κ2) is 8.41. The Labute approximate surface area is 175 Å². The Bertz CT molecular complexity index is 1270. The first-order chi connectivity index (χ1) is 15.1. The molecule has 2 aromatic carbocycles. The standard InChI is InChI=1S/C21H14N4O6/c1-29-21(26)14-7-9-15(10-8-14)30-19-18(25(27)28)20(24-12-23-19)31-16-6-2-4-13-5-3-11-22-17(13)16/h2-12H,1H3. The van der Waals surface area contributed by atoms with Gasteiger partial charge >= 0.3 is 23.4 Å². The molecule has 0 aliphatic carbocycles. The molecule has 0 atom stereocenters. The van der Waals surface area contributed by atoms with Gasteiger partial charge in [0, 0.05) is 11.6 Å². The number of hydrogen-bond donors (Lipinski definition) is 0. The largest absolute Gasteiger partial charge is 0.465 e. The van der Waals surface area contributed by atoms with Gasteiger partial charge in [0.15, 0.2) is 5.75 Å². The van der Waals surface area contributed by atoms with E-state index in [2.05, 4.69) is 19.7 Å². The number of carbonyl (C=O) groups is 1. The molecular weight excluding hydrogens is 404 g/mol. The highest BCUT2D eigenvalue weighted by Crippen LogP contribution is 2.38. The van der Waals surface area contributed by atoms with Crippen LogP contribution in [0.15, 0.2) is 67.1 Å². The second-order valence-electron chi connectivity index (χ2n) is 6.14. The minimum Gasteiger partial charge on any atom is -0.465 e. The fraction of sp³-hybridized carbons (Fsp3) is 0.0476. The predicted molar refractivity (Wildman–Crippen MR) is 108 cm³/mol. The van der Waals surface area contributed by atoms with Crippen LogP contribution in [0.3, 0.4) is 0 Å². The Morgan fingerprint density at radius 3 is 2.35 bits per heavy atom. The minimum atomic E-state index is -0.688. The molecule has 31 heavy (non-hydrogen) atoms. The van der Waals surface area contributed by atoms with E-state index in [0.717, 1.165) is 11.7 Å². The lowest BCUT2D eigenvalue weighted by Gasteiger charge is -2.10. The highest BCUT2D eigenvalue weighted by atomic mass is 16.6. The molecule has 0 radical (unpaired) electrons. The van der Waals surface area contributed by atoms with E-state index >= 15 is 0 Å². The molecule has 154 valence electrons. The molecule has 10 heteroatoms. The summed E-state index contributed by atoms with van der Waals surface area (Å²) in [5.41, 5.74) is 0.283. The number of hydrogen-bond acceptors (Lipinski definition) is 9. The van der Waals surface area contributed by atoms with Gasteiger partial charge in [0.25, 0.3) is 0 Å². The SMILES string of the molecule is COC(=O)c1ccc(Oc2ncnc(Oc3cccc4cccnc34)c2[N+](=O)[O-])cc1. The third kappa shape index (κ3) is 4.08. The fourth-order valence-electron chi connectivity index (χ4n) is 2.80. The lowest BCUT2D eigenvalue weighted by molar-refractivity contribution is -0.387. The molecule has 10 nitrogen and oxygen atoms in total. The molecule has 0 bridgehead atoms. The van der Waals surface area contributed by atoms with Gasteiger partial charge < -0.3 is 14.2 Å². The summed E-state index contributed by atoms with van der Waals surface area (Å²) >= 11 is 0. The number of nitro groups is 1. The summed E-state index contributed by atoms with van der Waals surface area (Å²) in [6.07, 6.45) is 2.69. The van der Waals surface area contributed by atoms with Gasteiger partial charge in [-0.1, -0.05) is 18.2 Å². The number of carbonyl (C=O) groups excluding carboxylic acids is 1. The summed E-state index contributed by atoms with van der Waals surface area (Å²) in [7, 11) is 1.27. The van der Waals surface area contributed by atoms with E-state index in [1.165, 1.54) is 31.4 Å². The zero-order valence-electron chi connectivity index (χ0n) is 16.1. The van der Waals surface area contributed by atoms with Crippen molar-refractivity contribution in [2.24, 2.45) is 0 Å². The molecule has 0 amide bonds. The first kappa shape index (κ1) is 19.7. The van der Waals surface area contributed by atoms with Crippen molar-refractivity contribution in [2.75, 3.05) is 7.11 Å². The van der Waals surface area contributed by atoms with Crippen molar-refractivity contribution in [3.05, 3.63) is 82.8 Å². The van der Waals surface area contributed by atoms with Crippen LogP contribution < -0.4 is 9.47 Å². The molecule has 0 saturated heterocycles. The quantitative estimate of drug-likeness (QED) is 0.256. The molecule has 0 unspecified atom stereocenters. The lowest BCUT2D eigenvalue weighted by Crippen LogP contribution is -2.02. The van der Waals surface area contributed by atoms with Crippen LogP contribution in [-0.4, -0.2) is 33.0 Å². The van der Waals surface area contributed by atoms with E-state index in [0.29, 0.717) is 16.8 Å². The van der Waals surface area contributed by atoms with Crippen LogP contribution in [-0.2, 0) is 4.74 Å². The van der Waals surface area contributed by atoms with Crippen molar-refractivity contribution in [3.8, 4) is 23.3 Å². The monoisotopic (exact) mass is 418 g/mol. The Morgan fingerprint density at radius 1 is 0.935 bits per heavy atom. The van der Waals surface area contributed by atoms with Gasteiger partial charge in [0.05, 0.1) is 17.6 Å². The molecule has 4 aromatic rings. The van der Waals surface area contributed by atoms with Crippen molar-refractivity contribution in [2.45, 2.75) is 0 Å². The summed E-state index contributed by atoms with van der Waals surface area (Å²) in [5.74, 6) is -0.590. The van der Waals surface area contributed by atoms with Crippen LogP contribution in [0.5, 0.6) is 23.3 Å². The lowest BCUT2D eigenvalue weighted by atomic mass is 10.2. The number of ether oxygens (including phenoxy) is 3. The van der Waals surface area contributed by atoms with Gasteiger partial charge in [-0.25, -0.2) is 4.79 Å². The third-order valence-corrected chi connectivity index (χ3v) is 4.23. The van der Waals surface area contributed by atoms with Gasteiger partial charge in [0.2, 0.25) is 0 Å². The van der Waals surface area contributed by atoms with Gasteiger partial charge in [-0.3, -0.25) is 15.1 Å². The maximum Gasteiger partial charge on any atom is 0.393 e. The molecule has 0 N–H and O–H groups in total. The normalized spacial score (nSPS) is 10.5. The van der Waals surface area contributed by atoms with Crippen LogP contribution in [0.4, 0.5) is 5.69 Å². The van der Waals surface area contributed by atoms with Crippen molar-refractivity contribution in [1.82, 2.24) is 15.0 Å². The van der Waals surface area contributed by atoms with Gasteiger partial charge in [-0.05, 0) is 36.4 Å². The molecule has 2 aromatic heterocycles. The van der Waals surface area contributed by atoms with Crippen LogP contribution in [0.1, 0.15) is 10.4 Å². The molecule has 0 spiro atoms. The van der Waals surface area contributed by atoms with Crippen LogP contribution in [0.2, 0.25) is 0 Å². The number of para-hydroxylation sites is 1. The Hall–Kier alpha value is -4.60. The van der Waals surface area contributed by atoms with Crippen LogP contribution in [0.25, 0.3) is 10.9 Å². The Balaban J connectivity index is 1.68. The van der Waals surface area contributed by atoms with Crippen LogP contribution in [0, 0.1) is 10.1 Å². The highest BCUT2D eigenvalue weighted by molar-refractivity contribution is 5.89. The van der Waals surface area contributed by atoms with E-state index in [9.17, 15) is 14.9 Å². The summed E-state index contributed by atoms with van der Waals surface area (Å²) in [6.45, 7) is 0. The van der Waals surface area contributed by atoms with Crippen molar-refractivity contribution >= 4 is 22.6 Å². The molecule has 4 rings (SSSR count). The summed E-state index contributed by atoms with van der Waals surface area (Å²) in [6, 6.07) is 14.7. The topological polar surface area (TPSA) is 127 Å². The number of esters is 1. The Morgan fingerprint density at radius 2 is 1.65 bits per heavy atom. The average Bonchev–Trinajstić information content (AvgIpc) is 2.79. The van der Waals surface area contributed by atoms with Gasteiger partial charge in [0.1, 0.15) is 17.6 Å². The maximum atomic E-state index is 11.8. The number of methoxy groups -OCH3 is 1. The average molecular weight is 418 g/mol. The summed E-state index contributed by atoms with van der Waals surface area (Å²) in [4.78, 5) is 34.7. The fourth-order valence-corrected chi connectivity index (χ4v) is 2.80. The maximum absolute atomic E-state index is 11.8. The van der Waals surface area contributed by atoms with Gasteiger partial charge in [-0.15, -0.1) is 0 Å². The first-order valence-electron chi connectivity index (χ1n) is 8.94. The highest BCUT2D eigenvalue weighted by Gasteiger charge is 2.27. The predicted octanol–water partition coefficient (Wildman–Crippen LogP) is 4.30. The second-order valence-corrected chi connectivity index (χ2v) is 6.14. The number of pyridine rings is 1. The zero-order valence-corrected chi connectivity index (χ0v) is 16.1. The van der Waals surface area contributed by atoms with Gasteiger partial charge in [-0.2, -0.15) is 9.97 Å². The van der Waals surface area contributed by atoms with E-state index in [1.54, 1.807) is 24.4 Å². The van der Waals surface area contributed by atoms with Crippen molar-refractivity contribution < 1.29 is 23.9 Å². The minimum absolute atomic E-state index is 0.229. The van der Waals surface area contributed by atoms with E-state index < -0.39 is 16.6 Å². The number of rotatable bonds is 6. The van der Waals surface area contributed by atoms with E-state index in [-0.39, 0.29) is 17.5 Å². The summed E-state index contributed by atoms with van der Waals surface area (Å²) in [5, 5.41) is 12.6. The molecule has 2 heterocycles. The van der Waals surface area contributed by atoms with Crippen molar-refractivity contribution in [3.63, 3.8) is 0 Å². The van der Waals surface area contributed by atoms with Crippen molar-refractivity contribution in [1.29, 1.82) is 0 Å². The zero-order chi connectivity index (χ0) is 21.8. The summed E-state index contributed by atoms with van der Waals surface area (Å²) < 4.78 is 15.9. The number of nitrogens with zero attached hydrogens (tertiary/aromatic N) is 4. The molecule has 0 saturated carbocycles. The smallest absolute Gasteiger partial charge is 0.393 e. The molecule has 0 aliphatic rings. The Kier molecular flexibility index (Phi) is 5.35. The van der Waals surface area contributed by atoms with E-state index in [4.69, 9.17) is 9.47 Å².